The first-order valence-corrected chi connectivity index (χ1v) is 6.41. The first-order valence-electron chi connectivity index (χ1n) is 6.41. The number of rotatable bonds is 5. The molecule has 0 aliphatic carbocycles. The Kier molecular flexibility index (Phi) is 7.64. The fourth-order valence-corrected chi connectivity index (χ4v) is 0.963. The lowest BCUT2D eigenvalue weighted by Crippen LogP contribution is -2.49. The SMILES string of the molecule is CC(C)(O)C(C)(C)O[B]c1ccnc(C=O)c1.CNC. The van der Waals surface area contributed by atoms with E-state index in [4.69, 9.17) is 4.65 Å². The highest BCUT2D eigenvalue weighted by atomic mass is 16.5. The first-order chi connectivity index (χ1) is 9.17. The molecule has 0 fully saturated rings. The van der Waals surface area contributed by atoms with E-state index in [1.807, 2.05) is 14.1 Å². The minimum Gasteiger partial charge on any atom is -0.427 e. The van der Waals surface area contributed by atoms with E-state index < -0.39 is 11.2 Å². The third kappa shape index (κ3) is 6.28. The number of carbonyl (C=O) groups is 1. The number of nitrogens with zero attached hydrogens (tertiary/aromatic N) is 1. The molecule has 0 unspecified atom stereocenters. The van der Waals surface area contributed by atoms with Gasteiger partial charge < -0.3 is 15.1 Å². The van der Waals surface area contributed by atoms with Crippen molar-refractivity contribution in [3.05, 3.63) is 24.0 Å². The zero-order valence-electron chi connectivity index (χ0n) is 13.1. The number of hydrogen-bond donors (Lipinski definition) is 2. The molecule has 1 heterocycles. The quantitative estimate of drug-likeness (QED) is 0.608. The van der Waals surface area contributed by atoms with Gasteiger partial charge in [-0.15, -0.1) is 0 Å². The molecule has 6 heteroatoms. The number of nitrogens with one attached hydrogen (secondary N) is 1. The smallest absolute Gasteiger partial charge is 0.331 e. The van der Waals surface area contributed by atoms with Crippen molar-refractivity contribution in [3.63, 3.8) is 0 Å². The normalized spacial score (nSPS) is 11.3. The predicted octanol–water partition coefficient (Wildman–Crippen LogP) is 0.540. The van der Waals surface area contributed by atoms with Crippen molar-refractivity contribution in [1.82, 2.24) is 10.3 Å². The predicted molar refractivity (Wildman–Crippen MR) is 81.5 cm³/mol. The van der Waals surface area contributed by atoms with E-state index in [1.165, 1.54) is 13.7 Å². The van der Waals surface area contributed by atoms with E-state index in [2.05, 4.69) is 10.3 Å². The van der Waals surface area contributed by atoms with Gasteiger partial charge in [-0.05, 0) is 59.4 Å². The molecule has 111 valence electrons. The van der Waals surface area contributed by atoms with E-state index in [1.54, 1.807) is 39.8 Å². The number of aromatic nitrogens is 1. The average Bonchev–Trinajstić information content (AvgIpc) is 2.36. The fraction of sp³-hybridized carbons (Fsp3) is 0.571. The number of aliphatic hydroxyl groups is 1. The Balaban J connectivity index is 0.00000110. The van der Waals surface area contributed by atoms with Crippen molar-refractivity contribution in [3.8, 4) is 0 Å². The summed E-state index contributed by atoms with van der Waals surface area (Å²) in [5.74, 6) is 0. The van der Waals surface area contributed by atoms with Crippen LogP contribution in [0.5, 0.6) is 0 Å². The molecular weight excluding hydrogens is 255 g/mol. The third-order valence-electron chi connectivity index (χ3n) is 2.89. The highest BCUT2D eigenvalue weighted by Crippen LogP contribution is 2.24. The second kappa shape index (κ2) is 8.14. The van der Waals surface area contributed by atoms with Gasteiger partial charge in [0.1, 0.15) is 5.69 Å². The van der Waals surface area contributed by atoms with Crippen LogP contribution in [0.2, 0.25) is 0 Å². The lowest BCUT2D eigenvalue weighted by Gasteiger charge is -2.37. The molecule has 2 N–H and O–H groups in total. The van der Waals surface area contributed by atoms with E-state index >= 15 is 0 Å². The molecular formula is C14H24BN2O3. The summed E-state index contributed by atoms with van der Waals surface area (Å²) >= 11 is 0. The topological polar surface area (TPSA) is 71.5 Å². The largest absolute Gasteiger partial charge is 0.427 e. The maximum atomic E-state index is 10.6. The maximum Gasteiger partial charge on any atom is 0.331 e. The van der Waals surface area contributed by atoms with Crippen LogP contribution < -0.4 is 10.8 Å². The van der Waals surface area contributed by atoms with Gasteiger partial charge in [0.05, 0.1) is 11.2 Å². The Bertz CT molecular complexity index is 417. The molecule has 0 aromatic carbocycles. The van der Waals surface area contributed by atoms with Crippen molar-refractivity contribution in [2.75, 3.05) is 14.1 Å². The van der Waals surface area contributed by atoms with Crippen LogP contribution in [-0.2, 0) is 4.65 Å². The molecule has 1 aromatic heterocycles. The van der Waals surface area contributed by atoms with Gasteiger partial charge in [-0.1, -0.05) is 0 Å². The van der Waals surface area contributed by atoms with Gasteiger partial charge in [-0.2, -0.15) is 0 Å². The Hall–Kier alpha value is -1.24. The summed E-state index contributed by atoms with van der Waals surface area (Å²) in [6.45, 7) is 6.96. The first kappa shape index (κ1) is 18.8. The third-order valence-corrected chi connectivity index (χ3v) is 2.89. The Morgan fingerprint density at radius 1 is 1.35 bits per heavy atom. The molecule has 0 aliphatic heterocycles. The summed E-state index contributed by atoms with van der Waals surface area (Å²) in [5, 5.41) is 12.7. The fourth-order valence-electron chi connectivity index (χ4n) is 0.963. The van der Waals surface area contributed by atoms with Gasteiger partial charge in [-0.3, -0.25) is 9.78 Å². The number of aldehydes is 1. The maximum absolute atomic E-state index is 10.6. The van der Waals surface area contributed by atoms with Crippen LogP contribution in [0.1, 0.15) is 38.2 Å². The summed E-state index contributed by atoms with van der Waals surface area (Å²) in [5.41, 5.74) is -0.607. The monoisotopic (exact) mass is 279 g/mol. The lowest BCUT2D eigenvalue weighted by atomic mass is 9.83. The molecule has 0 bridgehead atoms. The van der Waals surface area contributed by atoms with Gasteiger partial charge >= 0.3 is 7.48 Å². The summed E-state index contributed by atoms with van der Waals surface area (Å²) < 4.78 is 5.56. The van der Waals surface area contributed by atoms with Crippen LogP contribution in [0.4, 0.5) is 0 Å². The van der Waals surface area contributed by atoms with Crippen LogP contribution in [0.15, 0.2) is 18.3 Å². The molecule has 0 aliphatic rings. The minimum absolute atomic E-state index is 0.350. The molecule has 0 saturated carbocycles. The molecule has 0 spiro atoms. The molecule has 5 nitrogen and oxygen atoms in total. The Labute approximate surface area is 122 Å². The van der Waals surface area contributed by atoms with Crippen molar-refractivity contribution in [2.24, 2.45) is 0 Å². The van der Waals surface area contributed by atoms with E-state index in [0.717, 1.165) is 5.46 Å². The van der Waals surface area contributed by atoms with Gasteiger partial charge in [0.2, 0.25) is 0 Å². The summed E-state index contributed by atoms with van der Waals surface area (Å²) in [7, 11) is 5.27. The van der Waals surface area contributed by atoms with Gasteiger partial charge in [-0.25, -0.2) is 0 Å². The zero-order chi connectivity index (χ0) is 15.8. The van der Waals surface area contributed by atoms with E-state index in [-0.39, 0.29) is 0 Å². The molecule has 1 aromatic rings. The Morgan fingerprint density at radius 3 is 2.35 bits per heavy atom. The van der Waals surface area contributed by atoms with Crippen LogP contribution in [0, 0.1) is 0 Å². The van der Waals surface area contributed by atoms with Crippen molar-refractivity contribution in [1.29, 1.82) is 0 Å². The van der Waals surface area contributed by atoms with E-state index in [0.29, 0.717) is 12.0 Å². The van der Waals surface area contributed by atoms with Crippen LogP contribution in [0.25, 0.3) is 0 Å². The lowest BCUT2D eigenvalue weighted by molar-refractivity contribution is -0.0893. The second-order valence-electron chi connectivity index (χ2n) is 5.44. The molecule has 0 saturated heterocycles. The molecule has 20 heavy (non-hydrogen) atoms. The van der Waals surface area contributed by atoms with Crippen molar-refractivity contribution in [2.45, 2.75) is 38.9 Å². The Morgan fingerprint density at radius 2 is 1.90 bits per heavy atom. The van der Waals surface area contributed by atoms with Gasteiger partial charge in [0, 0.05) is 6.20 Å². The standard InChI is InChI=1S/C12H17BNO3.C2H7N/c1-11(2,16)12(3,4)17-13-9-5-6-14-10(7-9)8-15;1-3-2/h5-8,16H,1-4H3;3H,1-2H3. The van der Waals surface area contributed by atoms with Gasteiger partial charge in [0.15, 0.2) is 6.29 Å². The number of hydrogen-bond acceptors (Lipinski definition) is 5. The highest BCUT2D eigenvalue weighted by molar-refractivity contribution is 6.47. The van der Waals surface area contributed by atoms with Crippen LogP contribution in [0.3, 0.4) is 0 Å². The molecule has 1 radical (unpaired) electrons. The van der Waals surface area contributed by atoms with Crippen LogP contribution in [-0.4, -0.2) is 49.2 Å². The van der Waals surface area contributed by atoms with E-state index in [9.17, 15) is 9.90 Å². The van der Waals surface area contributed by atoms with Crippen LogP contribution >= 0.6 is 0 Å². The summed E-state index contributed by atoms with van der Waals surface area (Å²) in [6.07, 6.45) is 2.22. The second-order valence-corrected chi connectivity index (χ2v) is 5.44. The summed E-state index contributed by atoms with van der Waals surface area (Å²) in [4.78, 5) is 14.4. The average molecular weight is 279 g/mol. The highest BCUT2D eigenvalue weighted by Gasteiger charge is 2.35. The van der Waals surface area contributed by atoms with Crippen molar-refractivity contribution < 1.29 is 14.6 Å². The minimum atomic E-state index is -0.968. The molecule has 0 atom stereocenters. The number of pyridine rings is 1. The molecule has 0 amide bonds. The van der Waals surface area contributed by atoms with Gasteiger partial charge in [0.25, 0.3) is 0 Å². The number of carbonyl (C=O) groups excluding carboxylic acids is 1. The van der Waals surface area contributed by atoms with Crippen molar-refractivity contribution >= 4 is 19.2 Å². The zero-order valence-corrected chi connectivity index (χ0v) is 13.1. The molecule has 1 rings (SSSR count). The summed E-state index contributed by atoms with van der Waals surface area (Å²) in [6, 6.07) is 3.35.